The van der Waals surface area contributed by atoms with Gasteiger partial charge in [-0.25, -0.2) is 0 Å². The van der Waals surface area contributed by atoms with Gasteiger partial charge in [-0.15, -0.1) is 0 Å². The molecule has 0 aliphatic heterocycles. The fourth-order valence-corrected chi connectivity index (χ4v) is 2.83. The van der Waals surface area contributed by atoms with E-state index in [9.17, 15) is 25.3 Å². The number of hydrogen-bond acceptors (Lipinski definition) is 9. The summed E-state index contributed by atoms with van der Waals surface area (Å²) in [6, 6.07) is 0. The second-order valence-corrected chi connectivity index (χ2v) is 9.89. The second kappa shape index (κ2) is 9.13. The highest BCUT2D eigenvalue weighted by Gasteiger charge is 2.22. The van der Waals surface area contributed by atoms with Crippen LogP contribution in [0.3, 0.4) is 0 Å². The molecule has 0 heterocycles. The molecule has 12 heteroatoms. The lowest BCUT2D eigenvalue weighted by Crippen LogP contribution is -2.28. The van der Waals surface area contributed by atoms with Crippen molar-refractivity contribution in [3.8, 4) is 0 Å². The van der Waals surface area contributed by atoms with Crippen LogP contribution < -0.4 is 0 Å². The van der Waals surface area contributed by atoms with Crippen molar-refractivity contribution in [2.45, 2.75) is 33.3 Å². The second-order valence-electron chi connectivity index (χ2n) is 4.15. The predicted molar refractivity (Wildman–Crippen MR) is 79.8 cm³/mol. The molecular weight excluding hydrogens is 360 g/mol. The van der Waals surface area contributed by atoms with Crippen molar-refractivity contribution < 1.29 is 37.8 Å². The van der Waals surface area contributed by atoms with E-state index in [1.807, 2.05) is 0 Å². The van der Waals surface area contributed by atoms with E-state index in [0.29, 0.717) is 0 Å². The van der Waals surface area contributed by atoms with Gasteiger partial charge in [0.25, 0.3) is 30.4 Å². The molecule has 0 amide bonds. The van der Waals surface area contributed by atoms with Gasteiger partial charge in [0.15, 0.2) is 0 Å². The van der Waals surface area contributed by atoms with Crippen molar-refractivity contribution in [3.05, 3.63) is 0 Å². The van der Waals surface area contributed by atoms with E-state index in [2.05, 4.69) is 8.37 Å². The van der Waals surface area contributed by atoms with E-state index in [1.165, 1.54) is 20.8 Å². The largest absolute Gasteiger partial charge is 0.270 e. The smallest absolute Gasteiger partial charge is 0.267 e. The average molecular weight is 382 g/mol. The Bertz CT molecular complexity index is 619. The molecule has 0 N–H and O–H groups in total. The first kappa shape index (κ1) is 21.7. The highest BCUT2D eigenvalue weighted by atomic mass is 32.2. The standard InChI is InChI=1S/C10H22O9S3/c1-4-20(11,12)17-8-7-10(19-22(15,16)6-3)9-18-21(13,14)5-2/h10H,4-9H2,1-3H3. The highest BCUT2D eigenvalue weighted by molar-refractivity contribution is 7.87. The van der Waals surface area contributed by atoms with Gasteiger partial charge in [0.2, 0.25) is 0 Å². The van der Waals surface area contributed by atoms with Crippen molar-refractivity contribution in [1.82, 2.24) is 0 Å². The van der Waals surface area contributed by atoms with Crippen molar-refractivity contribution in [2.75, 3.05) is 30.5 Å². The third-order valence-electron chi connectivity index (χ3n) is 2.48. The van der Waals surface area contributed by atoms with Crippen molar-refractivity contribution in [1.29, 1.82) is 0 Å². The van der Waals surface area contributed by atoms with Crippen LogP contribution in [0.25, 0.3) is 0 Å². The van der Waals surface area contributed by atoms with Crippen molar-refractivity contribution >= 4 is 30.4 Å². The zero-order valence-corrected chi connectivity index (χ0v) is 15.2. The third-order valence-corrected chi connectivity index (χ3v) is 6.19. The minimum atomic E-state index is -3.84. The normalized spacial score (nSPS) is 14.9. The quantitative estimate of drug-likeness (QED) is 0.423. The van der Waals surface area contributed by atoms with Crippen LogP contribution in [0.15, 0.2) is 0 Å². The molecule has 0 aromatic rings. The Morgan fingerprint density at radius 2 is 1.18 bits per heavy atom. The van der Waals surface area contributed by atoms with Crippen LogP contribution >= 0.6 is 0 Å². The SMILES string of the molecule is CCS(=O)(=O)OCCC(COS(=O)(=O)CC)OS(=O)(=O)CC. The molecule has 9 nitrogen and oxygen atoms in total. The summed E-state index contributed by atoms with van der Waals surface area (Å²) in [5, 5.41) is 0. The maximum atomic E-state index is 11.4. The van der Waals surface area contributed by atoms with E-state index < -0.39 is 43.1 Å². The summed E-state index contributed by atoms with van der Waals surface area (Å²) in [5.41, 5.74) is 0. The van der Waals surface area contributed by atoms with Crippen LogP contribution in [-0.4, -0.2) is 61.8 Å². The van der Waals surface area contributed by atoms with Crippen LogP contribution in [0.4, 0.5) is 0 Å². The molecule has 0 bridgehead atoms. The molecule has 1 atom stereocenters. The monoisotopic (exact) mass is 382 g/mol. The molecule has 0 aromatic heterocycles. The Kier molecular flexibility index (Phi) is 9.02. The molecule has 0 aromatic carbocycles. The van der Waals surface area contributed by atoms with E-state index in [-0.39, 0.29) is 30.3 Å². The van der Waals surface area contributed by atoms with Crippen LogP contribution in [0, 0.1) is 0 Å². The summed E-state index contributed by atoms with van der Waals surface area (Å²) < 4.78 is 81.8. The van der Waals surface area contributed by atoms with Gasteiger partial charge < -0.3 is 0 Å². The third kappa shape index (κ3) is 9.69. The summed E-state index contributed by atoms with van der Waals surface area (Å²) >= 11 is 0. The maximum Gasteiger partial charge on any atom is 0.267 e. The van der Waals surface area contributed by atoms with Crippen LogP contribution in [-0.2, 0) is 42.9 Å². The van der Waals surface area contributed by atoms with Gasteiger partial charge in [-0.3, -0.25) is 12.5 Å². The molecule has 0 aliphatic carbocycles. The Morgan fingerprint density at radius 3 is 1.64 bits per heavy atom. The first-order valence-electron chi connectivity index (χ1n) is 6.62. The molecule has 0 spiro atoms. The van der Waals surface area contributed by atoms with Crippen LogP contribution in [0.5, 0.6) is 0 Å². The first-order chi connectivity index (χ1) is 9.97. The summed E-state index contributed by atoms with van der Waals surface area (Å²) in [6.45, 7) is 3.24. The number of rotatable bonds is 12. The van der Waals surface area contributed by atoms with Gasteiger partial charge in [0.1, 0.15) is 6.10 Å². The van der Waals surface area contributed by atoms with Gasteiger partial charge in [0.05, 0.1) is 30.5 Å². The van der Waals surface area contributed by atoms with Crippen LogP contribution in [0.2, 0.25) is 0 Å². The fourth-order valence-electron chi connectivity index (χ4n) is 1.09. The molecule has 22 heavy (non-hydrogen) atoms. The first-order valence-corrected chi connectivity index (χ1v) is 11.3. The predicted octanol–water partition coefficient (Wildman–Crippen LogP) is -0.156. The summed E-state index contributed by atoms with van der Waals surface area (Å²) in [5.74, 6) is -0.814. The summed E-state index contributed by atoms with van der Waals surface area (Å²) in [4.78, 5) is 0. The van der Waals surface area contributed by atoms with E-state index >= 15 is 0 Å². The lowest BCUT2D eigenvalue weighted by molar-refractivity contribution is 0.115. The Balaban J connectivity index is 4.73. The van der Waals surface area contributed by atoms with E-state index in [4.69, 9.17) is 4.18 Å². The molecular formula is C10H22O9S3. The van der Waals surface area contributed by atoms with Crippen LogP contribution in [0.1, 0.15) is 27.2 Å². The Labute approximate surface area is 132 Å². The molecule has 134 valence electrons. The van der Waals surface area contributed by atoms with Gasteiger partial charge in [-0.05, 0) is 20.8 Å². The van der Waals surface area contributed by atoms with Gasteiger partial charge in [0, 0.05) is 6.42 Å². The zero-order chi connectivity index (χ0) is 17.4. The Hall–Kier alpha value is -0.270. The fraction of sp³-hybridized carbons (Fsp3) is 1.00. The van der Waals surface area contributed by atoms with Gasteiger partial charge in [-0.2, -0.15) is 25.3 Å². The van der Waals surface area contributed by atoms with E-state index in [0.717, 1.165) is 0 Å². The lowest BCUT2D eigenvalue weighted by atomic mass is 10.3. The minimum Gasteiger partial charge on any atom is -0.270 e. The summed E-state index contributed by atoms with van der Waals surface area (Å²) in [6.07, 6.45) is -1.31. The Morgan fingerprint density at radius 1 is 0.727 bits per heavy atom. The van der Waals surface area contributed by atoms with Gasteiger partial charge >= 0.3 is 0 Å². The van der Waals surface area contributed by atoms with E-state index in [1.54, 1.807) is 0 Å². The molecule has 1 unspecified atom stereocenters. The highest BCUT2D eigenvalue weighted by Crippen LogP contribution is 2.09. The van der Waals surface area contributed by atoms with Crippen molar-refractivity contribution in [3.63, 3.8) is 0 Å². The molecule has 0 aliphatic rings. The molecule has 0 saturated carbocycles. The zero-order valence-electron chi connectivity index (χ0n) is 12.7. The summed E-state index contributed by atoms with van der Waals surface area (Å²) in [7, 11) is -11.3. The van der Waals surface area contributed by atoms with Gasteiger partial charge in [-0.1, -0.05) is 0 Å². The molecule has 0 saturated heterocycles. The minimum absolute atomic E-state index is 0.155. The van der Waals surface area contributed by atoms with Crippen molar-refractivity contribution in [2.24, 2.45) is 0 Å². The molecule has 0 radical (unpaired) electrons. The topological polar surface area (TPSA) is 130 Å². The molecule has 0 rings (SSSR count). The number of hydrogen-bond donors (Lipinski definition) is 0. The lowest BCUT2D eigenvalue weighted by Gasteiger charge is -2.16. The average Bonchev–Trinajstić information content (AvgIpc) is 2.44. The molecule has 0 fully saturated rings. The maximum absolute atomic E-state index is 11.4.